The lowest BCUT2D eigenvalue weighted by Crippen LogP contribution is -1.89. The normalized spacial score (nSPS) is 16.3. The molecule has 0 aliphatic heterocycles. The molecule has 0 saturated carbocycles. The molecule has 0 spiro atoms. The predicted octanol–water partition coefficient (Wildman–Crippen LogP) is 1.86. The topological polar surface area (TPSA) is 47.9 Å². The molecular weight excluding hydrogens is 207 g/mol. The van der Waals surface area contributed by atoms with Crippen LogP contribution in [-0.2, 0) is 25.6 Å². The summed E-state index contributed by atoms with van der Waals surface area (Å²) in [6.45, 7) is 4.36. The van der Waals surface area contributed by atoms with Gasteiger partial charge in [0.2, 0.25) is 0 Å². The van der Waals surface area contributed by atoms with E-state index in [1.807, 2.05) is 0 Å². The van der Waals surface area contributed by atoms with Crippen molar-refractivity contribution in [1.82, 2.24) is 0 Å². The zero-order valence-electron chi connectivity index (χ0n) is 6.35. The number of hydrogen-bond acceptors (Lipinski definition) is 5. The molecule has 0 aromatic carbocycles. The smallest absolute Gasteiger partial charge is 0.302 e. The molecule has 0 bridgehead atoms. The third kappa shape index (κ3) is 7.21. The van der Waals surface area contributed by atoms with Gasteiger partial charge in [0.25, 0.3) is 0 Å². The van der Waals surface area contributed by atoms with Crippen LogP contribution in [0.15, 0.2) is 0 Å². The van der Waals surface area contributed by atoms with E-state index in [1.165, 1.54) is 0 Å². The van der Waals surface area contributed by atoms with Gasteiger partial charge in [-0.1, -0.05) is 0 Å². The number of hydrogen-bond donors (Lipinski definition) is 1. The molecule has 0 aliphatic rings. The van der Waals surface area contributed by atoms with E-state index in [-0.39, 0.29) is 0 Å². The van der Waals surface area contributed by atoms with Gasteiger partial charge in [-0.3, -0.25) is 0 Å². The summed E-state index contributed by atoms with van der Waals surface area (Å²) in [6.07, 6.45) is 0. The molecule has 0 saturated heterocycles. The molecule has 0 heterocycles. The zero-order valence-corrected chi connectivity index (χ0v) is 8.88. The molecule has 0 aliphatic carbocycles. The summed E-state index contributed by atoms with van der Waals surface area (Å²) in [5.74, 6) is 0. The lowest BCUT2D eigenvalue weighted by atomic mass is 10.9. The first kappa shape index (κ1) is 11.8. The van der Waals surface area contributed by atoms with Crippen molar-refractivity contribution in [2.75, 3.05) is 13.2 Å². The van der Waals surface area contributed by atoms with Crippen LogP contribution in [0.3, 0.4) is 0 Å². The Kier molecular flexibility index (Phi) is 6.85. The van der Waals surface area contributed by atoms with E-state index < -0.39 is 5.69 Å². The summed E-state index contributed by atoms with van der Waals surface area (Å²) in [5, 5.41) is 0. The number of rotatable bonds is 6. The van der Waals surface area contributed by atoms with Gasteiger partial charge in [0.05, 0.1) is 24.9 Å². The first-order valence-corrected chi connectivity index (χ1v) is 7.09. The highest BCUT2D eigenvalue weighted by atomic mass is 32.9. The molecule has 0 aromatic rings. The maximum atomic E-state index is 9.19. The van der Waals surface area contributed by atoms with Crippen LogP contribution < -0.4 is 0 Å². The minimum atomic E-state index is -2.92. The quantitative estimate of drug-likeness (QED) is 0.318. The lowest BCUT2D eigenvalue weighted by molar-refractivity contribution is -0.198. The van der Waals surface area contributed by atoms with Crippen LogP contribution in [0, 0.1) is 0 Å². The van der Waals surface area contributed by atoms with Crippen LogP contribution in [0.25, 0.3) is 0 Å². The fourth-order valence-corrected chi connectivity index (χ4v) is 2.19. The molecule has 1 atom stereocenters. The molecule has 0 radical (unpaired) electrons. The van der Waals surface area contributed by atoms with E-state index in [2.05, 4.69) is 21.4 Å². The fraction of sp³-hybridized carbons (Fsp3) is 1.00. The monoisotopic (exact) mass is 218 g/mol. The van der Waals surface area contributed by atoms with Crippen molar-refractivity contribution in [3.8, 4) is 0 Å². The predicted molar refractivity (Wildman–Crippen MR) is 48.4 cm³/mol. The minimum absolute atomic E-state index is 0.353. The molecule has 0 rings (SSSR count). The van der Waals surface area contributed by atoms with Crippen molar-refractivity contribution in [1.29, 1.82) is 0 Å². The molecule has 0 aromatic heterocycles. The van der Waals surface area contributed by atoms with Crippen molar-refractivity contribution in [2.45, 2.75) is 13.8 Å². The zero-order chi connectivity index (χ0) is 8.74. The van der Waals surface area contributed by atoms with Crippen LogP contribution in [-0.4, -0.2) is 18.1 Å². The summed E-state index contributed by atoms with van der Waals surface area (Å²) in [6, 6.07) is 0. The van der Waals surface area contributed by atoms with Gasteiger partial charge in [-0.05, 0) is 25.7 Å². The third-order valence-corrected chi connectivity index (χ3v) is 3.15. The van der Waals surface area contributed by atoms with Crippen molar-refractivity contribution in [3.05, 3.63) is 0 Å². The highest BCUT2D eigenvalue weighted by molar-refractivity contribution is 8.65. The molecule has 7 heteroatoms. The van der Waals surface area contributed by atoms with Gasteiger partial charge >= 0.3 is 5.69 Å². The second-order valence-electron chi connectivity index (χ2n) is 1.43. The Labute approximate surface area is 75.3 Å². The van der Waals surface area contributed by atoms with Crippen molar-refractivity contribution < 1.29 is 18.6 Å². The fourth-order valence-electron chi connectivity index (χ4n) is 0.251. The van der Waals surface area contributed by atoms with Gasteiger partial charge in [-0.15, -0.1) is 0 Å². The maximum Gasteiger partial charge on any atom is 0.302 e. The first-order valence-electron chi connectivity index (χ1n) is 3.07. The second kappa shape index (κ2) is 6.37. The third-order valence-electron chi connectivity index (χ3n) is 0.529. The maximum absolute atomic E-state index is 9.19. The Morgan fingerprint density at radius 1 is 1.45 bits per heavy atom. The van der Waals surface area contributed by atoms with E-state index in [9.17, 15) is 4.89 Å². The van der Waals surface area contributed by atoms with Crippen LogP contribution in [0.5, 0.6) is 0 Å². The first-order chi connectivity index (χ1) is 5.12. The van der Waals surface area contributed by atoms with Crippen LogP contribution in [0.4, 0.5) is 0 Å². The summed E-state index contributed by atoms with van der Waals surface area (Å²) in [5.41, 5.74) is -2.92. The van der Waals surface area contributed by atoms with Gasteiger partial charge in [-0.2, -0.15) is 4.67 Å². The molecule has 0 amide bonds. The average Bonchev–Trinajstić information content (AvgIpc) is 1.97. The highest BCUT2D eigenvalue weighted by Crippen LogP contribution is 2.56. The van der Waals surface area contributed by atoms with E-state index in [4.69, 9.17) is 4.18 Å². The molecule has 11 heavy (non-hydrogen) atoms. The van der Waals surface area contributed by atoms with Crippen molar-refractivity contribution in [3.63, 3.8) is 0 Å². The van der Waals surface area contributed by atoms with Gasteiger partial charge in [0.1, 0.15) is 0 Å². The average molecular weight is 218 g/mol. The summed E-state index contributed by atoms with van der Waals surface area (Å²) >= 11 is 5.38. The Morgan fingerprint density at radius 3 is 2.55 bits per heavy atom. The Bertz CT molecular complexity index is 130. The van der Waals surface area contributed by atoms with Gasteiger partial charge in [0, 0.05) is 0 Å². The van der Waals surface area contributed by atoms with Crippen molar-refractivity contribution in [2.24, 2.45) is 0 Å². The van der Waals surface area contributed by atoms with Crippen LogP contribution in [0.2, 0.25) is 0 Å². The standard InChI is InChI=1S/C4H11O4PS2/c1-3-6-8-9(5,10)11-7-4-2/h3-4H2,1-2H3,(H,5,10). The summed E-state index contributed by atoms with van der Waals surface area (Å²) in [7, 11) is 0. The van der Waals surface area contributed by atoms with E-state index >= 15 is 0 Å². The van der Waals surface area contributed by atoms with Gasteiger partial charge < -0.3 is 9.08 Å². The minimum Gasteiger partial charge on any atom is -0.334 e. The Hall–Kier alpha value is 0.840. The Balaban J connectivity index is 3.53. The molecule has 1 unspecified atom stereocenters. The summed E-state index contributed by atoms with van der Waals surface area (Å²) in [4.78, 5) is 13.7. The van der Waals surface area contributed by atoms with E-state index in [0.717, 1.165) is 11.7 Å². The van der Waals surface area contributed by atoms with Crippen LogP contribution >= 0.6 is 17.4 Å². The molecule has 4 nitrogen and oxygen atoms in total. The molecule has 1 N–H and O–H groups in total. The van der Waals surface area contributed by atoms with Gasteiger partial charge in [0.15, 0.2) is 0 Å². The molecular formula is C4H11O4PS2. The summed E-state index contributed by atoms with van der Waals surface area (Å²) < 4.78 is 9.30. The van der Waals surface area contributed by atoms with Gasteiger partial charge in [-0.25, -0.2) is 4.89 Å². The molecule has 0 fully saturated rings. The highest BCUT2D eigenvalue weighted by Gasteiger charge is 2.16. The largest absolute Gasteiger partial charge is 0.334 e. The van der Waals surface area contributed by atoms with E-state index in [0.29, 0.717) is 13.2 Å². The van der Waals surface area contributed by atoms with Crippen LogP contribution in [0.1, 0.15) is 13.8 Å². The SMILES string of the molecule is CCOOP(O)(=S)SOCC. The Morgan fingerprint density at radius 2 is 2.09 bits per heavy atom. The molecule has 68 valence electrons. The second-order valence-corrected chi connectivity index (χ2v) is 7.01. The van der Waals surface area contributed by atoms with E-state index in [1.54, 1.807) is 13.8 Å². The lowest BCUT2D eigenvalue weighted by Gasteiger charge is -2.10. The van der Waals surface area contributed by atoms with Crippen molar-refractivity contribution >= 4 is 29.2 Å².